The summed E-state index contributed by atoms with van der Waals surface area (Å²) >= 11 is 5.86. The van der Waals surface area contributed by atoms with Crippen molar-refractivity contribution in [3.05, 3.63) is 51.5 Å². The monoisotopic (exact) mass is 347 g/mol. The summed E-state index contributed by atoms with van der Waals surface area (Å²) in [5.41, 5.74) is 1.17. The summed E-state index contributed by atoms with van der Waals surface area (Å²) < 4.78 is 10.5. The first kappa shape index (κ1) is 15.9. The van der Waals surface area contributed by atoms with Crippen LogP contribution in [0.2, 0.25) is 5.02 Å². The lowest BCUT2D eigenvalue weighted by Crippen LogP contribution is -1.95. The molecule has 0 amide bonds. The molecule has 124 valence electrons. The van der Waals surface area contributed by atoms with Crippen LogP contribution in [-0.4, -0.2) is 24.1 Å². The van der Waals surface area contributed by atoms with Gasteiger partial charge in [0.05, 0.1) is 30.0 Å². The van der Waals surface area contributed by atoms with Crippen molar-refractivity contribution in [3.8, 4) is 11.5 Å². The summed E-state index contributed by atoms with van der Waals surface area (Å²) in [6, 6.07) is 10.1. The first-order valence-corrected chi connectivity index (χ1v) is 7.36. The molecule has 1 heterocycles. The molecule has 3 rings (SSSR count). The molecular formula is C16H14ClN3O4. The molecule has 0 aliphatic carbocycles. The Labute approximate surface area is 142 Å². The van der Waals surface area contributed by atoms with Gasteiger partial charge < -0.3 is 19.8 Å². The largest absolute Gasteiger partial charge is 0.493 e. The molecule has 0 saturated heterocycles. The van der Waals surface area contributed by atoms with E-state index in [1.54, 1.807) is 36.4 Å². The van der Waals surface area contributed by atoms with Gasteiger partial charge in [0.15, 0.2) is 17.3 Å². The third-order valence-electron chi connectivity index (χ3n) is 3.57. The van der Waals surface area contributed by atoms with Gasteiger partial charge in [0.2, 0.25) is 0 Å². The summed E-state index contributed by atoms with van der Waals surface area (Å²) in [7, 11) is 2.99. The van der Waals surface area contributed by atoms with E-state index in [4.69, 9.17) is 21.1 Å². The molecule has 0 bridgehead atoms. The maximum atomic E-state index is 11.5. The van der Waals surface area contributed by atoms with Crippen molar-refractivity contribution in [1.29, 1.82) is 0 Å². The number of halogens is 1. The number of aromatic nitrogens is 1. The Morgan fingerprint density at radius 3 is 2.33 bits per heavy atom. The number of anilines is 2. The molecule has 0 aliphatic rings. The van der Waals surface area contributed by atoms with Gasteiger partial charge >= 0.3 is 5.69 Å². The SMILES string of the molecule is COc1cc2[nH]c(Nc3ccc(Cl)cc3)c([N+](=O)[O-])c2cc1OC. The standard InChI is InChI=1S/C16H14ClN3O4/c1-23-13-7-11-12(8-14(13)24-2)19-16(15(11)20(21)22)18-10-5-3-9(17)4-6-10/h3-8,18-19H,1-2H3. The number of methoxy groups -OCH3 is 2. The van der Waals surface area contributed by atoms with E-state index in [-0.39, 0.29) is 11.5 Å². The first-order valence-electron chi connectivity index (χ1n) is 6.98. The van der Waals surface area contributed by atoms with Crippen molar-refractivity contribution < 1.29 is 14.4 Å². The molecule has 8 heteroatoms. The topological polar surface area (TPSA) is 89.4 Å². The molecule has 7 nitrogen and oxygen atoms in total. The highest BCUT2D eigenvalue weighted by Crippen LogP contribution is 2.41. The molecule has 0 unspecified atom stereocenters. The van der Waals surface area contributed by atoms with Crippen LogP contribution in [0.3, 0.4) is 0 Å². The Morgan fingerprint density at radius 2 is 1.75 bits per heavy atom. The Kier molecular flexibility index (Phi) is 4.18. The number of fused-ring (bicyclic) bond motifs is 1. The van der Waals surface area contributed by atoms with Gasteiger partial charge in [-0.15, -0.1) is 0 Å². The van der Waals surface area contributed by atoms with Gasteiger partial charge in [-0.05, 0) is 24.3 Å². The summed E-state index contributed by atoms with van der Waals surface area (Å²) in [6.45, 7) is 0. The van der Waals surface area contributed by atoms with Crippen molar-refractivity contribution in [2.24, 2.45) is 0 Å². The van der Waals surface area contributed by atoms with Crippen LogP contribution in [0.1, 0.15) is 0 Å². The molecular weight excluding hydrogens is 334 g/mol. The van der Waals surface area contributed by atoms with Gasteiger partial charge in [-0.3, -0.25) is 10.1 Å². The normalized spacial score (nSPS) is 10.6. The van der Waals surface area contributed by atoms with E-state index in [1.165, 1.54) is 14.2 Å². The lowest BCUT2D eigenvalue weighted by molar-refractivity contribution is -0.382. The van der Waals surface area contributed by atoms with E-state index in [2.05, 4.69) is 10.3 Å². The first-order chi connectivity index (χ1) is 11.5. The van der Waals surface area contributed by atoms with Crippen molar-refractivity contribution in [2.45, 2.75) is 0 Å². The summed E-state index contributed by atoms with van der Waals surface area (Å²) in [5.74, 6) is 1.18. The van der Waals surface area contributed by atoms with Gasteiger partial charge in [0.1, 0.15) is 0 Å². The number of rotatable bonds is 5. The highest BCUT2D eigenvalue weighted by molar-refractivity contribution is 6.30. The molecule has 3 aromatic rings. The van der Waals surface area contributed by atoms with Gasteiger partial charge in [0.25, 0.3) is 0 Å². The fraction of sp³-hybridized carbons (Fsp3) is 0.125. The Hall–Kier alpha value is -2.93. The molecule has 2 N–H and O–H groups in total. The molecule has 0 radical (unpaired) electrons. The zero-order valence-electron chi connectivity index (χ0n) is 12.9. The van der Waals surface area contributed by atoms with Gasteiger partial charge in [-0.1, -0.05) is 11.6 Å². The highest BCUT2D eigenvalue weighted by Gasteiger charge is 2.24. The third-order valence-corrected chi connectivity index (χ3v) is 3.82. The fourth-order valence-electron chi connectivity index (χ4n) is 2.46. The van der Waals surface area contributed by atoms with Crippen LogP contribution in [0.4, 0.5) is 17.2 Å². The molecule has 1 aromatic heterocycles. The average Bonchev–Trinajstić information content (AvgIpc) is 2.92. The number of ether oxygens (including phenoxy) is 2. The third kappa shape index (κ3) is 2.81. The average molecular weight is 348 g/mol. The fourth-order valence-corrected chi connectivity index (χ4v) is 2.59. The molecule has 0 spiro atoms. The smallest absolute Gasteiger partial charge is 0.319 e. The molecule has 24 heavy (non-hydrogen) atoms. The predicted molar refractivity (Wildman–Crippen MR) is 92.8 cm³/mol. The van der Waals surface area contributed by atoms with Crippen LogP contribution in [0.15, 0.2) is 36.4 Å². The maximum Gasteiger partial charge on any atom is 0.319 e. The van der Waals surface area contributed by atoms with E-state index in [9.17, 15) is 10.1 Å². The zero-order chi connectivity index (χ0) is 17.3. The van der Waals surface area contributed by atoms with Crippen LogP contribution in [-0.2, 0) is 0 Å². The second kappa shape index (κ2) is 6.29. The van der Waals surface area contributed by atoms with Crippen LogP contribution >= 0.6 is 11.6 Å². The summed E-state index contributed by atoms with van der Waals surface area (Å²) in [6.07, 6.45) is 0. The van der Waals surface area contributed by atoms with Crippen molar-refractivity contribution in [1.82, 2.24) is 4.98 Å². The highest BCUT2D eigenvalue weighted by atomic mass is 35.5. The van der Waals surface area contributed by atoms with Crippen molar-refractivity contribution in [3.63, 3.8) is 0 Å². The number of aromatic amines is 1. The number of nitro groups is 1. The van der Waals surface area contributed by atoms with E-state index < -0.39 is 4.92 Å². The Balaban J connectivity index is 2.14. The quantitative estimate of drug-likeness (QED) is 0.524. The van der Waals surface area contributed by atoms with E-state index in [0.29, 0.717) is 33.1 Å². The van der Waals surface area contributed by atoms with Crippen molar-refractivity contribution in [2.75, 3.05) is 19.5 Å². The zero-order valence-corrected chi connectivity index (χ0v) is 13.7. The molecule has 0 saturated carbocycles. The van der Waals surface area contributed by atoms with Gasteiger partial charge in [0, 0.05) is 22.8 Å². The van der Waals surface area contributed by atoms with Crippen LogP contribution < -0.4 is 14.8 Å². The van der Waals surface area contributed by atoms with E-state index in [1.807, 2.05) is 0 Å². The van der Waals surface area contributed by atoms with E-state index in [0.717, 1.165) is 0 Å². The molecule has 0 fully saturated rings. The van der Waals surface area contributed by atoms with Crippen molar-refractivity contribution >= 4 is 39.7 Å². The summed E-state index contributed by atoms with van der Waals surface area (Å²) in [4.78, 5) is 14.1. The minimum atomic E-state index is -0.441. The minimum absolute atomic E-state index is 0.0686. The molecule has 0 atom stereocenters. The molecule has 2 aromatic carbocycles. The Morgan fingerprint density at radius 1 is 1.12 bits per heavy atom. The number of hydrogen-bond donors (Lipinski definition) is 2. The van der Waals surface area contributed by atoms with Gasteiger partial charge in [-0.25, -0.2) is 0 Å². The van der Waals surface area contributed by atoms with Gasteiger partial charge in [-0.2, -0.15) is 0 Å². The number of benzene rings is 2. The van der Waals surface area contributed by atoms with Crippen LogP contribution in [0.5, 0.6) is 11.5 Å². The number of nitrogens with one attached hydrogen (secondary N) is 2. The lowest BCUT2D eigenvalue weighted by Gasteiger charge is -2.06. The number of nitrogens with zero attached hydrogens (tertiary/aromatic N) is 1. The predicted octanol–water partition coefficient (Wildman–Crippen LogP) is 4.49. The maximum absolute atomic E-state index is 11.5. The van der Waals surface area contributed by atoms with E-state index >= 15 is 0 Å². The lowest BCUT2D eigenvalue weighted by atomic mass is 10.2. The number of hydrogen-bond acceptors (Lipinski definition) is 5. The second-order valence-corrected chi connectivity index (χ2v) is 5.43. The molecule has 0 aliphatic heterocycles. The van der Waals surface area contributed by atoms with Crippen LogP contribution in [0, 0.1) is 10.1 Å². The minimum Gasteiger partial charge on any atom is -0.493 e. The number of H-pyrrole nitrogens is 1. The summed E-state index contributed by atoms with van der Waals surface area (Å²) in [5, 5.41) is 15.6. The second-order valence-electron chi connectivity index (χ2n) is 4.99. The van der Waals surface area contributed by atoms with Crippen LogP contribution in [0.25, 0.3) is 10.9 Å². The Bertz CT molecular complexity index is 906.